The van der Waals surface area contributed by atoms with Gasteiger partial charge in [-0.05, 0) is 36.8 Å². The molecule has 1 N–H and O–H groups in total. The first-order valence-electron chi connectivity index (χ1n) is 12.8. The zero-order chi connectivity index (χ0) is 27.2. The summed E-state index contributed by atoms with van der Waals surface area (Å²) in [6, 6.07) is 13.3. The monoisotopic (exact) mass is 537 g/mol. The number of rotatable bonds is 10. The predicted octanol–water partition coefficient (Wildman–Crippen LogP) is 5.37. The number of hydrogen-bond donors (Lipinski definition) is 1. The maximum absolute atomic E-state index is 13.9. The SMILES string of the molecule is CCSCCOC(=O)C1=C(C)NC2=C(C(=O)C[C@@H](c3ccccc3OC)C2)[C@H]1c1cccc(OC)c1OC. The molecule has 38 heavy (non-hydrogen) atoms. The molecule has 8 heteroatoms. The maximum atomic E-state index is 13.9. The molecule has 2 atom stereocenters. The lowest BCUT2D eigenvalue weighted by Crippen LogP contribution is -2.36. The van der Waals surface area contributed by atoms with Gasteiger partial charge in [0.15, 0.2) is 17.3 Å². The number of carbonyl (C=O) groups excluding carboxylic acids is 2. The molecule has 1 aliphatic heterocycles. The molecular weight excluding hydrogens is 502 g/mol. The van der Waals surface area contributed by atoms with Gasteiger partial charge in [0.05, 0.1) is 32.8 Å². The number of carbonyl (C=O) groups is 2. The molecule has 0 saturated heterocycles. The van der Waals surface area contributed by atoms with Crippen molar-refractivity contribution in [3.05, 3.63) is 76.1 Å². The first-order chi connectivity index (χ1) is 18.4. The average molecular weight is 538 g/mol. The zero-order valence-corrected chi connectivity index (χ0v) is 23.4. The molecule has 1 heterocycles. The van der Waals surface area contributed by atoms with Crippen molar-refractivity contribution in [2.75, 3.05) is 39.4 Å². The minimum atomic E-state index is -0.645. The van der Waals surface area contributed by atoms with Crippen LogP contribution in [0.3, 0.4) is 0 Å². The molecule has 0 bridgehead atoms. The fraction of sp³-hybridized carbons (Fsp3) is 0.400. The highest BCUT2D eigenvalue weighted by Gasteiger charge is 2.43. The Kier molecular flexibility index (Phi) is 9.05. The molecule has 0 amide bonds. The van der Waals surface area contributed by atoms with Crippen LogP contribution in [-0.4, -0.2) is 51.2 Å². The minimum absolute atomic E-state index is 0.0242. The average Bonchev–Trinajstić information content (AvgIpc) is 2.93. The lowest BCUT2D eigenvalue weighted by Gasteiger charge is -2.37. The van der Waals surface area contributed by atoms with Gasteiger partial charge in [-0.15, -0.1) is 0 Å². The minimum Gasteiger partial charge on any atom is -0.496 e. The number of nitrogens with one attached hydrogen (secondary N) is 1. The smallest absolute Gasteiger partial charge is 0.336 e. The van der Waals surface area contributed by atoms with Crippen molar-refractivity contribution in [2.24, 2.45) is 0 Å². The fourth-order valence-corrected chi connectivity index (χ4v) is 5.89. The van der Waals surface area contributed by atoms with E-state index in [0.29, 0.717) is 59.1 Å². The van der Waals surface area contributed by atoms with E-state index in [4.69, 9.17) is 18.9 Å². The number of ether oxygens (including phenoxy) is 4. The second-order valence-corrected chi connectivity index (χ2v) is 10.6. The largest absolute Gasteiger partial charge is 0.496 e. The highest BCUT2D eigenvalue weighted by molar-refractivity contribution is 7.99. The van der Waals surface area contributed by atoms with E-state index >= 15 is 0 Å². The van der Waals surface area contributed by atoms with Gasteiger partial charge in [-0.1, -0.05) is 37.3 Å². The fourth-order valence-electron chi connectivity index (χ4n) is 5.40. The molecular formula is C30H35NO6S. The highest BCUT2D eigenvalue weighted by atomic mass is 32.2. The molecule has 7 nitrogen and oxygen atoms in total. The van der Waals surface area contributed by atoms with Crippen LogP contribution in [0.25, 0.3) is 0 Å². The molecule has 0 saturated carbocycles. The summed E-state index contributed by atoms with van der Waals surface area (Å²) in [4.78, 5) is 27.4. The summed E-state index contributed by atoms with van der Waals surface area (Å²) in [6.07, 6.45) is 0.912. The molecule has 2 aromatic carbocycles. The van der Waals surface area contributed by atoms with Crippen LogP contribution in [0, 0.1) is 0 Å². The third-order valence-electron chi connectivity index (χ3n) is 7.04. The lowest BCUT2D eigenvalue weighted by molar-refractivity contribution is -0.138. The normalized spacial score (nSPS) is 19.0. The third-order valence-corrected chi connectivity index (χ3v) is 7.90. The first-order valence-corrected chi connectivity index (χ1v) is 13.9. The van der Waals surface area contributed by atoms with Crippen LogP contribution >= 0.6 is 11.8 Å². The second kappa shape index (κ2) is 12.4. The Morgan fingerprint density at radius 3 is 2.39 bits per heavy atom. The molecule has 4 rings (SSSR count). The Bertz CT molecular complexity index is 1270. The number of esters is 1. The van der Waals surface area contributed by atoms with Crippen molar-refractivity contribution in [1.82, 2.24) is 5.32 Å². The summed E-state index contributed by atoms with van der Waals surface area (Å²) >= 11 is 1.71. The van der Waals surface area contributed by atoms with Crippen molar-refractivity contribution >= 4 is 23.5 Å². The number of methoxy groups -OCH3 is 3. The Hall–Kier alpha value is -3.39. The van der Waals surface area contributed by atoms with E-state index in [1.807, 2.05) is 43.3 Å². The maximum Gasteiger partial charge on any atom is 0.336 e. The summed E-state index contributed by atoms with van der Waals surface area (Å²) in [5, 5.41) is 3.40. The number of allylic oxidation sites excluding steroid dienone is 3. The third kappa shape index (κ3) is 5.41. The van der Waals surface area contributed by atoms with Gasteiger partial charge in [0.25, 0.3) is 0 Å². The Morgan fingerprint density at radius 2 is 1.68 bits per heavy atom. The Morgan fingerprint density at radius 1 is 0.974 bits per heavy atom. The van der Waals surface area contributed by atoms with Crippen molar-refractivity contribution in [3.8, 4) is 17.2 Å². The summed E-state index contributed by atoms with van der Waals surface area (Å²) < 4.78 is 22.6. The van der Waals surface area contributed by atoms with Gasteiger partial charge >= 0.3 is 5.97 Å². The summed E-state index contributed by atoms with van der Waals surface area (Å²) in [6.45, 7) is 4.22. The molecule has 0 fully saturated rings. The molecule has 1 aliphatic carbocycles. The van der Waals surface area contributed by atoms with Gasteiger partial charge in [-0.2, -0.15) is 11.8 Å². The van der Waals surface area contributed by atoms with Crippen LogP contribution in [0.4, 0.5) is 0 Å². The summed E-state index contributed by atoms with van der Waals surface area (Å²) in [7, 11) is 4.77. The summed E-state index contributed by atoms with van der Waals surface area (Å²) in [5.74, 6) is 2.29. The number of thioether (sulfide) groups is 1. The number of para-hydroxylation sites is 2. The Balaban J connectivity index is 1.81. The molecule has 0 aromatic heterocycles. The van der Waals surface area contributed by atoms with E-state index in [9.17, 15) is 9.59 Å². The Labute approximate surface area is 228 Å². The van der Waals surface area contributed by atoms with Crippen LogP contribution in [0.15, 0.2) is 65.0 Å². The van der Waals surface area contributed by atoms with Crippen LogP contribution in [0.2, 0.25) is 0 Å². The number of ketones is 1. The molecule has 202 valence electrons. The number of hydrogen-bond acceptors (Lipinski definition) is 8. The quantitative estimate of drug-likeness (QED) is 0.320. The van der Waals surface area contributed by atoms with Gasteiger partial charge in [-0.3, -0.25) is 4.79 Å². The summed E-state index contributed by atoms with van der Waals surface area (Å²) in [5.41, 5.74) is 4.15. The van der Waals surface area contributed by atoms with Crippen molar-refractivity contribution < 1.29 is 28.5 Å². The van der Waals surface area contributed by atoms with E-state index in [0.717, 1.165) is 22.8 Å². The van der Waals surface area contributed by atoms with Gasteiger partial charge in [-0.25, -0.2) is 4.79 Å². The highest BCUT2D eigenvalue weighted by Crippen LogP contribution is 2.50. The van der Waals surface area contributed by atoms with Crippen molar-refractivity contribution in [1.29, 1.82) is 0 Å². The lowest BCUT2D eigenvalue weighted by atomic mass is 9.71. The van der Waals surface area contributed by atoms with Crippen LogP contribution in [0.5, 0.6) is 17.2 Å². The van der Waals surface area contributed by atoms with Crippen molar-refractivity contribution in [2.45, 2.75) is 38.5 Å². The van der Waals surface area contributed by atoms with E-state index < -0.39 is 11.9 Å². The van der Waals surface area contributed by atoms with E-state index in [1.165, 1.54) is 0 Å². The molecule has 2 aromatic rings. The number of dihydropyridines is 1. The van der Waals surface area contributed by atoms with E-state index in [-0.39, 0.29) is 11.7 Å². The van der Waals surface area contributed by atoms with Crippen LogP contribution in [-0.2, 0) is 14.3 Å². The van der Waals surface area contributed by atoms with E-state index in [1.54, 1.807) is 39.2 Å². The predicted molar refractivity (Wildman–Crippen MR) is 149 cm³/mol. The number of benzene rings is 2. The number of Topliss-reactive ketones (excluding diaryl/α,β-unsaturated/α-hetero) is 1. The first kappa shape index (κ1) is 27.6. The van der Waals surface area contributed by atoms with Gasteiger partial charge < -0.3 is 24.3 Å². The molecule has 0 spiro atoms. The standard InChI is InChI=1S/C30H35NO6S/c1-6-38-15-14-37-30(33)26-18(2)31-22-16-19(20-10-7-8-12-24(20)34-3)17-23(32)28(22)27(26)21-11-9-13-25(35-4)29(21)36-5/h7-13,19,27,31H,6,14-17H2,1-5H3/t19-,27-/m0/s1. The van der Waals surface area contributed by atoms with Gasteiger partial charge in [0.2, 0.25) is 0 Å². The van der Waals surface area contributed by atoms with Crippen LogP contribution in [0.1, 0.15) is 49.7 Å². The topological polar surface area (TPSA) is 83.1 Å². The molecule has 0 unspecified atom stereocenters. The van der Waals surface area contributed by atoms with Crippen LogP contribution < -0.4 is 19.5 Å². The van der Waals surface area contributed by atoms with Gasteiger partial charge in [0.1, 0.15) is 12.4 Å². The molecule has 0 radical (unpaired) electrons. The van der Waals surface area contributed by atoms with Gasteiger partial charge in [0, 0.05) is 40.6 Å². The molecule has 2 aliphatic rings. The zero-order valence-electron chi connectivity index (χ0n) is 22.6. The second-order valence-electron chi connectivity index (χ2n) is 9.17. The van der Waals surface area contributed by atoms with E-state index in [2.05, 4.69) is 12.2 Å². The van der Waals surface area contributed by atoms with Crippen molar-refractivity contribution in [3.63, 3.8) is 0 Å².